The second kappa shape index (κ2) is 6.66. The summed E-state index contributed by atoms with van der Waals surface area (Å²) in [6.07, 6.45) is 2.34. The summed E-state index contributed by atoms with van der Waals surface area (Å²) in [6, 6.07) is 14.8. The molecule has 0 saturated carbocycles. The first-order valence-corrected chi connectivity index (χ1v) is 9.66. The van der Waals surface area contributed by atoms with E-state index in [4.69, 9.17) is 9.72 Å². The molecular formula is C21H21N5O3. The van der Waals surface area contributed by atoms with E-state index in [1.54, 1.807) is 4.57 Å². The molecule has 0 aliphatic carbocycles. The third kappa shape index (κ3) is 3.36. The van der Waals surface area contributed by atoms with Crippen LogP contribution < -0.4 is 4.74 Å². The summed E-state index contributed by atoms with van der Waals surface area (Å²) >= 11 is 0. The van der Waals surface area contributed by atoms with Crippen molar-refractivity contribution in [2.24, 2.45) is 0 Å². The van der Waals surface area contributed by atoms with E-state index in [2.05, 4.69) is 34.1 Å². The lowest BCUT2D eigenvalue weighted by molar-refractivity contribution is -0.389. The Labute approximate surface area is 167 Å². The molecule has 5 rings (SSSR count). The molecule has 2 aliphatic heterocycles. The van der Waals surface area contributed by atoms with Gasteiger partial charge in [-0.2, -0.15) is 0 Å². The first kappa shape index (κ1) is 17.8. The van der Waals surface area contributed by atoms with E-state index in [0.29, 0.717) is 12.6 Å². The SMILES string of the molecule is CC1(CN2CCc3nc(-c4ccccc4)ccc3C2)Cn2cc([N+](=O)[O-])nc2O1. The van der Waals surface area contributed by atoms with Crippen molar-refractivity contribution in [3.05, 3.63) is 70.0 Å². The Morgan fingerprint density at radius 1 is 1.21 bits per heavy atom. The van der Waals surface area contributed by atoms with Crippen LogP contribution >= 0.6 is 0 Å². The number of nitro groups is 1. The Bertz CT molecular complexity index is 1060. The molecule has 8 nitrogen and oxygen atoms in total. The normalized spacial score (nSPS) is 20.7. The van der Waals surface area contributed by atoms with Gasteiger partial charge in [-0.1, -0.05) is 36.4 Å². The van der Waals surface area contributed by atoms with E-state index in [9.17, 15) is 10.1 Å². The topological polar surface area (TPSA) is 86.3 Å². The van der Waals surface area contributed by atoms with Crippen molar-refractivity contribution < 1.29 is 9.66 Å². The van der Waals surface area contributed by atoms with Crippen molar-refractivity contribution in [3.8, 4) is 17.3 Å². The molecule has 0 saturated heterocycles. The van der Waals surface area contributed by atoms with Crippen LogP contribution in [-0.4, -0.2) is 43.0 Å². The molecule has 3 aromatic rings. The predicted octanol–water partition coefficient (Wildman–Crippen LogP) is 3.06. The number of imidazole rings is 1. The van der Waals surface area contributed by atoms with Crippen LogP contribution in [0.25, 0.3) is 11.3 Å². The van der Waals surface area contributed by atoms with E-state index in [1.807, 2.05) is 25.1 Å². The Morgan fingerprint density at radius 3 is 2.79 bits per heavy atom. The molecule has 29 heavy (non-hydrogen) atoms. The Hall–Kier alpha value is -3.26. The summed E-state index contributed by atoms with van der Waals surface area (Å²) < 4.78 is 7.71. The highest BCUT2D eigenvalue weighted by atomic mass is 16.6. The molecule has 2 aliphatic rings. The van der Waals surface area contributed by atoms with Crippen LogP contribution in [0.1, 0.15) is 18.2 Å². The number of benzene rings is 1. The molecule has 0 spiro atoms. The van der Waals surface area contributed by atoms with Crippen LogP contribution in [0.3, 0.4) is 0 Å². The molecule has 0 bridgehead atoms. The second-order valence-electron chi connectivity index (χ2n) is 7.95. The molecule has 148 valence electrons. The molecule has 1 atom stereocenters. The van der Waals surface area contributed by atoms with Gasteiger partial charge in [0.25, 0.3) is 0 Å². The summed E-state index contributed by atoms with van der Waals surface area (Å²) in [4.78, 5) is 21.6. The molecule has 0 amide bonds. The van der Waals surface area contributed by atoms with Crippen molar-refractivity contribution in [1.82, 2.24) is 19.4 Å². The van der Waals surface area contributed by atoms with Crippen LogP contribution in [0.5, 0.6) is 6.01 Å². The summed E-state index contributed by atoms with van der Waals surface area (Å²) in [5.41, 5.74) is 4.09. The molecular weight excluding hydrogens is 370 g/mol. The molecule has 1 aromatic carbocycles. The zero-order chi connectivity index (χ0) is 20.0. The van der Waals surface area contributed by atoms with Crippen LogP contribution in [0.4, 0.5) is 5.82 Å². The Morgan fingerprint density at radius 2 is 2.03 bits per heavy atom. The predicted molar refractivity (Wildman–Crippen MR) is 107 cm³/mol. The zero-order valence-electron chi connectivity index (χ0n) is 16.1. The highest BCUT2D eigenvalue weighted by Gasteiger charge is 2.41. The number of fused-ring (bicyclic) bond motifs is 2. The minimum Gasteiger partial charge on any atom is -0.436 e. The monoisotopic (exact) mass is 391 g/mol. The van der Waals surface area contributed by atoms with Crippen molar-refractivity contribution in [3.63, 3.8) is 0 Å². The highest BCUT2D eigenvalue weighted by molar-refractivity contribution is 5.59. The smallest absolute Gasteiger partial charge is 0.415 e. The minimum atomic E-state index is -0.496. The molecule has 8 heteroatoms. The number of ether oxygens (including phenoxy) is 1. The number of rotatable bonds is 4. The van der Waals surface area contributed by atoms with Gasteiger partial charge in [-0.05, 0) is 23.5 Å². The van der Waals surface area contributed by atoms with Gasteiger partial charge in [-0.25, -0.2) is 0 Å². The lowest BCUT2D eigenvalue weighted by Crippen LogP contribution is -2.46. The van der Waals surface area contributed by atoms with E-state index >= 15 is 0 Å². The zero-order valence-corrected chi connectivity index (χ0v) is 16.1. The molecule has 2 aromatic heterocycles. The highest BCUT2D eigenvalue weighted by Crippen LogP contribution is 2.32. The van der Waals surface area contributed by atoms with Gasteiger partial charge in [-0.15, -0.1) is 0 Å². The number of hydrogen-bond donors (Lipinski definition) is 0. The number of aromatic nitrogens is 3. The largest absolute Gasteiger partial charge is 0.436 e. The fourth-order valence-electron chi connectivity index (χ4n) is 4.22. The number of pyridine rings is 1. The van der Waals surface area contributed by atoms with Crippen molar-refractivity contribution in [2.75, 3.05) is 13.1 Å². The van der Waals surface area contributed by atoms with Gasteiger partial charge in [0.15, 0.2) is 0 Å². The number of nitrogens with zero attached hydrogens (tertiary/aromatic N) is 5. The summed E-state index contributed by atoms with van der Waals surface area (Å²) in [5.74, 6) is -0.172. The second-order valence-corrected chi connectivity index (χ2v) is 7.95. The average molecular weight is 391 g/mol. The lowest BCUT2D eigenvalue weighted by atomic mass is 10.0. The van der Waals surface area contributed by atoms with Crippen molar-refractivity contribution >= 4 is 5.82 Å². The Balaban J connectivity index is 1.28. The van der Waals surface area contributed by atoms with Crippen LogP contribution in [0, 0.1) is 10.1 Å². The van der Waals surface area contributed by atoms with E-state index < -0.39 is 10.5 Å². The summed E-state index contributed by atoms with van der Waals surface area (Å²) in [6.45, 7) is 5.03. The van der Waals surface area contributed by atoms with Crippen molar-refractivity contribution in [1.29, 1.82) is 0 Å². The fourth-order valence-corrected chi connectivity index (χ4v) is 4.22. The third-order valence-corrected chi connectivity index (χ3v) is 5.51. The van der Waals surface area contributed by atoms with E-state index in [0.717, 1.165) is 43.0 Å². The standard InChI is InChI=1S/C21H21N5O3/c1-21(14-25-12-19(26(27)28)23-20(25)29-21)13-24-10-9-18-16(11-24)7-8-17(22-18)15-5-3-2-4-6-15/h2-8,12H,9-11,13-14H2,1H3. The molecule has 0 N–H and O–H groups in total. The summed E-state index contributed by atoms with van der Waals surface area (Å²) in [5, 5.41) is 10.9. The van der Waals surface area contributed by atoms with Gasteiger partial charge in [-0.3, -0.25) is 14.5 Å². The third-order valence-electron chi connectivity index (χ3n) is 5.51. The van der Waals surface area contributed by atoms with Gasteiger partial charge in [0, 0.05) is 42.3 Å². The van der Waals surface area contributed by atoms with Gasteiger partial charge >= 0.3 is 11.8 Å². The van der Waals surface area contributed by atoms with Gasteiger partial charge in [0.2, 0.25) is 0 Å². The van der Waals surface area contributed by atoms with Gasteiger partial charge in [0.1, 0.15) is 11.8 Å². The first-order chi connectivity index (χ1) is 14.0. The average Bonchev–Trinajstić information content (AvgIpc) is 3.23. The minimum absolute atomic E-state index is 0.172. The first-order valence-electron chi connectivity index (χ1n) is 9.66. The lowest BCUT2D eigenvalue weighted by Gasteiger charge is -2.34. The molecule has 0 radical (unpaired) electrons. The molecule has 4 heterocycles. The quantitative estimate of drug-likeness (QED) is 0.502. The number of hydrogen-bond acceptors (Lipinski definition) is 6. The van der Waals surface area contributed by atoms with E-state index in [-0.39, 0.29) is 5.82 Å². The maximum absolute atomic E-state index is 10.9. The maximum atomic E-state index is 10.9. The molecule has 1 unspecified atom stereocenters. The van der Waals surface area contributed by atoms with Crippen LogP contribution in [0.15, 0.2) is 48.7 Å². The van der Waals surface area contributed by atoms with Crippen LogP contribution in [0.2, 0.25) is 0 Å². The Kier molecular flexibility index (Phi) is 4.09. The van der Waals surface area contributed by atoms with Crippen LogP contribution in [-0.2, 0) is 19.5 Å². The summed E-state index contributed by atoms with van der Waals surface area (Å²) in [7, 11) is 0. The van der Waals surface area contributed by atoms with Crippen molar-refractivity contribution in [2.45, 2.75) is 32.0 Å². The van der Waals surface area contributed by atoms with Gasteiger partial charge < -0.3 is 14.9 Å². The fraction of sp³-hybridized carbons (Fsp3) is 0.333. The van der Waals surface area contributed by atoms with Gasteiger partial charge in [0.05, 0.1) is 12.2 Å². The maximum Gasteiger partial charge on any atom is 0.415 e. The molecule has 0 fully saturated rings. The van der Waals surface area contributed by atoms with E-state index in [1.165, 1.54) is 11.8 Å².